The van der Waals surface area contributed by atoms with Crippen LogP contribution in [0.15, 0.2) is 31.0 Å². The highest BCUT2D eigenvalue weighted by molar-refractivity contribution is 5.83. The van der Waals surface area contributed by atoms with Crippen molar-refractivity contribution in [2.24, 2.45) is 18.9 Å². The van der Waals surface area contributed by atoms with E-state index in [-0.39, 0.29) is 0 Å². The zero-order valence-corrected chi connectivity index (χ0v) is 14.4. The maximum absolute atomic E-state index is 9.33. The molecule has 0 aliphatic carbocycles. The Morgan fingerprint density at radius 3 is 2.46 bits per heavy atom. The molecule has 5 heterocycles. The summed E-state index contributed by atoms with van der Waals surface area (Å²) in [5.74, 6) is 2.86. The molecule has 0 radical (unpaired) electrons. The zero-order valence-electron chi connectivity index (χ0n) is 14.4. The van der Waals surface area contributed by atoms with E-state index in [9.17, 15) is 5.26 Å². The van der Waals surface area contributed by atoms with E-state index >= 15 is 0 Å². The highest BCUT2D eigenvalue weighted by Crippen LogP contribution is 2.37. The van der Waals surface area contributed by atoms with Crippen LogP contribution in [0.25, 0.3) is 11.2 Å². The summed E-state index contributed by atoms with van der Waals surface area (Å²) in [6, 6.07) is 5.91. The van der Waals surface area contributed by atoms with Crippen LogP contribution in [0.5, 0.6) is 0 Å². The van der Waals surface area contributed by atoms with E-state index in [1.54, 1.807) is 18.9 Å². The minimum atomic E-state index is 0.543. The van der Waals surface area contributed by atoms with Gasteiger partial charge in [0.25, 0.3) is 0 Å². The van der Waals surface area contributed by atoms with Gasteiger partial charge in [-0.05, 0) is 12.1 Å². The van der Waals surface area contributed by atoms with Gasteiger partial charge in [-0.3, -0.25) is 0 Å². The summed E-state index contributed by atoms with van der Waals surface area (Å²) in [4.78, 5) is 22.2. The molecule has 0 saturated carbocycles. The van der Waals surface area contributed by atoms with Crippen LogP contribution in [-0.2, 0) is 7.05 Å². The van der Waals surface area contributed by atoms with Gasteiger partial charge < -0.3 is 14.4 Å². The Kier molecular flexibility index (Phi) is 3.28. The molecule has 2 fully saturated rings. The lowest BCUT2D eigenvalue weighted by Crippen LogP contribution is -2.30. The van der Waals surface area contributed by atoms with E-state index in [0.717, 1.165) is 49.0 Å². The Labute approximate surface area is 150 Å². The lowest BCUT2D eigenvalue weighted by atomic mass is 10.0. The first kappa shape index (κ1) is 15.1. The van der Waals surface area contributed by atoms with E-state index < -0.39 is 0 Å². The van der Waals surface area contributed by atoms with E-state index in [2.05, 4.69) is 35.8 Å². The normalized spacial score (nSPS) is 22.0. The van der Waals surface area contributed by atoms with Crippen molar-refractivity contribution in [3.8, 4) is 6.07 Å². The molecule has 3 aromatic heterocycles. The van der Waals surface area contributed by atoms with Gasteiger partial charge in [-0.25, -0.2) is 19.9 Å². The topological polar surface area (TPSA) is 86.8 Å². The summed E-state index contributed by atoms with van der Waals surface area (Å²) >= 11 is 0. The van der Waals surface area contributed by atoms with Crippen LogP contribution in [0.1, 0.15) is 5.56 Å². The SMILES string of the molecule is Cn1cnc2ncnc(N3CC4CN(c5ncccc5C#N)CC4C3)c21. The van der Waals surface area contributed by atoms with E-state index in [1.165, 1.54) is 0 Å². The first-order valence-electron chi connectivity index (χ1n) is 8.71. The van der Waals surface area contributed by atoms with Gasteiger partial charge in [0, 0.05) is 51.3 Å². The van der Waals surface area contributed by atoms with Crippen LogP contribution >= 0.6 is 0 Å². The second-order valence-corrected chi connectivity index (χ2v) is 7.04. The quantitative estimate of drug-likeness (QED) is 0.689. The summed E-state index contributed by atoms with van der Waals surface area (Å²) in [5.41, 5.74) is 2.38. The predicted octanol–water partition coefficient (Wildman–Crippen LogP) is 1.20. The van der Waals surface area contributed by atoms with Crippen LogP contribution in [0.4, 0.5) is 11.6 Å². The van der Waals surface area contributed by atoms with Crippen molar-refractivity contribution in [2.75, 3.05) is 36.0 Å². The monoisotopic (exact) mass is 346 g/mol. The van der Waals surface area contributed by atoms with Crippen molar-refractivity contribution in [1.29, 1.82) is 5.26 Å². The maximum atomic E-state index is 9.33. The van der Waals surface area contributed by atoms with Gasteiger partial charge in [-0.15, -0.1) is 0 Å². The number of anilines is 2. The molecular weight excluding hydrogens is 328 g/mol. The summed E-state index contributed by atoms with van der Waals surface area (Å²) in [7, 11) is 1.98. The molecule has 130 valence electrons. The number of hydrogen-bond donors (Lipinski definition) is 0. The Bertz CT molecular complexity index is 1010. The number of pyridine rings is 1. The van der Waals surface area contributed by atoms with Crippen LogP contribution < -0.4 is 9.80 Å². The number of rotatable bonds is 2. The molecule has 2 atom stereocenters. The number of hydrogen-bond acceptors (Lipinski definition) is 7. The molecule has 8 nitrogen and oxygen atoms in total. The second-order valence-electron chi connectivity index (χ2n) is 7.04. The Balaban J connectivity index is 1.39. The van der Waals surface area contributed by atoms with Crippen molar-refractivity contribution >= 4 is 22.8 Å². The van der Waals surface area contributed by atoms with Crippen molar-refractivity contribution in [1.82, 2.24) is 24.5 Å². The van der Waals surface area contributed by atoms with Crippen molar-refractivity contribution in [2.45, 2.75) is 0 Å². The molecular formula is C18H18N8. The molecule has 2 unspecified atom stereocenters. The summed E-state index contributed by atoms with van der Waals surface area (Å²) < 4.78 is 1.98. The third-order valence-corrected chi connectivity index (χ3v) is 5.48. The average Bonchev–Trinajstić information content (AvgIpc) is 3.35. The second kappa shape index (κ2) is 5.66. The smallest absolute Gasteiger partial charge is 0.182 e. The fourth-order valence-corrected chi connectivity index (χ4v) is 4.28. The minimum Gasteiger partial charge on any atom is -0.355 e. The lowest BCUT2D eigenvalue weighted by Gasteiger charge is -2.23. The maximum Gasteiger partial charge on any atom is 0.182 e. The Morgan fingerprint density at radius 1 is 1.00 bits per heavy atom. The molecule has 3 aromatic rings. The van der Waals surface area contributed by atoms with Gasteiger partial charge in [-0.2, -0.15) is 5.26 Å². The number of aromatic nitrogens is 5. The fraction of sp³-hybridized carbons (Fsp3) is 0.389. The standard InChI is InChI=1S/C18H18N8/c1-24-11-23-16-15(24)18(22-10-21-16)26-8-13-6-25(7-14(13)9-26)17-12(5-19)3-2-4-20-17/h2-4,10-11,13-14H,6-9H2,1H3. The molecule has 0 aromatic carbocycles. The van der Waals surface area contributed by atoms with Crippen molar-refractivity contribution in [3.05, 3.63) is 36.5 Å². The third kappa shape index (κ3) is 2.20. The molecule has 26 heavy (non-hydrogen) atoms. The molecule has 2 aliphatic rings. The summed E-state index contributed by atoms with van der Waals surface area (Å²) in [6.45, 7) is 3.75. The minimum absolute atomic E-state index is 0.543. The largest absolute Gasteiger partial charge is 0.355 e. The molecule has 8 heteroatoms. The molecule has 0 N–H and O–H groups in total. The number of aryl methyl sites for hydroxylation is 1. The average molecular weight is 346 g/mol. The van der Waals surface area contributed by atoms with Gasteiger partial charge in [0.15, 0.2) is 11.5 Å². The first-order chi connectivity index (χ1) is 12.7. The third-order valence-electron chi connectivity index (χ3n) is 5.48. The number of nitriles is 1. The van der Waals surface area contributed by atoms with E-state index in [4.69, 9.17) is 0 Å². The molecule has 0 bridgehead atoms. The van der Waals surface area contributed by atoms with Crippen LogP contribution in [0.3, 0.4) is 0 Å². The highest BCUT2D eigenvalue weighted by Gasteiger charge is 2.41. The number of imidazole rings is 1. The molecule has 2 saturated heterocycles. The van der Waals surface area contributed by atoms with Gasteiger partial charge in [0.1, 0.15) is 23.7 Å². The predicted molar refractivity (Wildman–Crippen MR) is 96.7 cm³/mol. The van der Waals surface area contributed by atoms with Crippen molar-refractivity contribution < 1.29 is 0 Å². The molecule has 0 spiro atoms. The first-order valence-corrected chi connectivity index (χ1v) is 8.71. The summed E-state index contributed by atoms with van der Waals surface area (Å²) in [5, 5.41) is 9.33. The zero-order chi connectivity index (χ0) is 17.7. The number of fused-ring (bicyclic) bond motifs is 2. The van der Waals surface area contributed by atoms with E-state index in [1.807, 2.05) is 23.7 Å². The lowest BCUT2D eigenvalue weighted by molar-refractivity contribution is 0.533. The molecule has 2 aliphatic heterocycles. The Morgan fingerprint density at radius 2 is 1.73 bits per heavy atom. The fourth-order valence-electron chi connectivity index (χ4n) is 4.28. The molecule has 5 rings (SSSR count). The van der Waals surface area contributed by atoms with Crippen LogP contribution in [0.2, 0.25) is 0 Å². The van der Waals surface area contributed by atoms with Crippen LogP contribution in [0, 0.1) is 23.2 Å². The summed E-state index contributed by atoms with van der Waals surface area (Å²) in [6.07, 6.45) is 5.14. The van der Waals surface area contributed by atoms with Gasteiger partial charge in [0.05, 0.1) is 11.9 Å². The molecule has 0 amide bonds. The Hall–Kier alpha value is -3.21. The van der Waals surface area contributed by atoms with Gasteiger partial charge >= 0.3 is 0 Å². The number of nitrogens with zero attached hydrogens (tertiary/aromatic N) is 8. The van der Waals surface area contributed by atoms with Gasteiger partial charge in [-0.1, -0.05) is 0 Å². The van der Waals surface area contributed by atoms with E-state index in [0.29, 0.717) is 17.4 Å². The van der Waals surface area contributed by atoms with Gasteiger partial charge in [0.2, 0.25) is 0 Å². The highest BCUT2D eigenvalue weighted by atomic mass is 15.3. The van der Waals surface area contributed by atoms with Crippen LogP contribution in [-0.4, -0.2) is 50.7 Å². The van der Waals surface area contributed by atoms with Crippen molar-refractivity contribution in [3.63, 3.8) is 0 Å².